The first-order valence-corrected chi connectivity index (χ1v) is 10.8. The van der Waals surface area contributed by atoms with Gasteiger partial charge in [-0.3, -0.25) is 0 Å². The van der Waals surface area contributed by atoms with E-state index >= 15 is 0 Å². The molecule has 0 unspecified atom stereocenters. The molecule has 0 aliphatic heterocycles. The normalized spacial score (nSPS) is 11.0. The Morgan fingerprint density at radius 1 is 0.939 bits per heavy atom. The van der Waals surface area contributed by atoms with E-state index in [1.165, 1.54) is 11.3 Å². The summed E-state index contributed by atoms with van der Waals surface area (Å²) in [4.78, 5) is 20.0. The van der Waals surface area contributed by atoms with Crippen molar-refractivity contribution in [3.63, 3.8) is 0 Å². The van der Waals surface area contributed by atoms with Crippen LogP contribution in [0.3, 0.4) is 0 Å². The number of hydrogen-bond acceptors (Lipinski definition) is 7. The van der Waals surface area contributed by atoms with Crippen molar-refractivity contribution in [1.29, 1.82) is 0 Å². The maximum atomic E-state index is 10.4. The van der Waals surface area contributed by atoms with Crippen LogP contribution in [0, 0.1) is 0 Å². The van der Waals surface area contributed by atoms with Gasteiger partial charge in [0.2, 0.25) is 0 Å². The topological polar surface area (TPSA) is 86.6 Å². The van der Waals surface area contributed by atoms with Crippen molar-refractivity contribution in [2.75, 3.05) is 5.32 Å². The van der Waals surface area contributed by atoms with Crippen molar-refractivity contribution in [2.24, 2.45) is 5.16 Å². The average Bonchev–Trinajstić information content (AvgIpc) is 3.29. The molecule has 1 N–H and O–H groups in total. The van der Waals surface area contributed by atoms with Gasteiger partial charge in [-0.05, 0) is 16.7 Å². The number of thiazole rings is 1. The standard InChI is InChI=1S/C25H21N3O3S.Na/c29-23(30)16-26-31-17-22-18-32-24(27-22)28-25(19-10-4-1-5-11-19,20-12-6-2-7-13-20)21-14-8-3-9-15-21;/h1-16,18H,17H2,(H,27,28)(H,29,30);/q;+1/p-1. The van der Waals surface area contributed by atoms with Crippen LogP contribution < -0.4 is 40.0 Å². The van der Waals surface area contributed by atoms with Crippen LogP contribution in [0.25, 0.3) is 0 Å². The maximum Gasteiger partial charge on any atom is 1.00 e. The molecule has 0 radical (unpaired) electrons. The predicted octanol–water partition coefficient (Wildman–Crippen LogP) is 0.803. The minimum Gasteiger partial charge on any atom is -0.544 e. The van der Waals surface area contributed by atoms with Crippen LogP contribution >= 0.6 is 11.3 Å². The van der Waals surface area contributed by atoms with Gasteiger partial charge in [0, 0.05) is 5.38 Å². The van der Waals surface area contributed by atoms with Gasteiger partial charge in [0.05, 0.1) is 17.9 Å². The van der Waals surface area contributed by atoms with Crippen molar-refractivity contribution in [3.8, 4) is 0 Å². The Balaban J connectivity index is 0.00000306. The molecule has 0 atom stereocenters. The summed E-state index contributed by atoms with van der Waals surface area (Å²) in [5.74, 6) is -1.41. The molecule has 4 rings (SSSR count). The van der Waals surface area contributed by atoms with Gasteiger partial charge in [-0.15, -0.1) is 11.3 Å². The van der Waals surface area contributed by atoms with E-state index in [4.69, 9.17) is 4.84 Å². The first-order valence-electron chi connectivity index (χ1n) is 9.94. The number of hydrogen-bond donors (Lipinski definition) is 1. The summed E-state index contributed by atoms with van der Waals surface area (Å²) >= 11 is 1.44. The average molecular weight is 466 g/mol. The second-order valence-electron chi connectivity index (χ2n) is 6.94. The molecule has 8 heteroatoms. The Kier molecular flexibility index (Phi) is 8.79. The molecular formula is C25H20N3NaO3S. The third kappa shape index (κ3) is 5.89. The molecule has 0 bridgehead atoms. The fraction of sp³-hybridized carbons (Fsp3) is 0.0800. The molecule has 4 aromatic rings. The van der Waals surface area contributed by atoms with E-state index in [-0.39, 0.29) is 36.2 Å². The van der Waals surface area contributed by atoms with Crippen molar-refractivity contribution < 1.29 is 44.3 Å². The van der Waals surface area contributed by atoms with Gasteiger partial charge in [0.1, 0.15) is 5.54 Å². The molecule has 160 valence electrons. The number of nitrogens with zero attached hydrogens (tertiary/aromatic N) is 2. The van der Waals surface area contributed by atoms with E-state index in [1.807, 2.05) is 60.0 Å². The summed E-state index contributed by atoms with van der Waals surface area (Å²) < 4.78 is 0. The third-order valence-electron chi connectivity index (χ3n) is 4.91. The monoisotopic (exact) mass is 465 g/mol. The smallest absolute Gasteiger partial charge is 0.544 e. The fourth-order valence-electron chi connectivity index (χ4n) is 3.56. The van der Waals surface area contributed by atoms with Gasteiger partial charge >= 0.3 is 29.6 Å². The summed E-state index contributed by atoms with van der Waals surface area (Å²) in [7, 11) is 0. The van der Waals surface area contributed by atoms with Gasteiger partial charge in [0.15, 0.2) is 11.7 Å². The van der Waals surface area contributed by atoms with E-state index in [0.717, 1.165) is 16.7 Å². The number of aromatic nitrogens is 1. The second kappa shape index (κ2) is 11.8. The first kappa shape index (κ1) is 24.7. The number of anilines is 1. The van der Waals surface area contributed by atoms with Gasteiger partial charge < -0.3 is 20.1 Å². The number of nitrogens with one attached hydrogen (secondary N) is 1. The van der Waals surface area contributed by atoms with Gasteiger partial charge in [0.25, 0.3) is 0 Å². The Labute approximate surface area is 218 Å². The van der Waals surface area contributed by atoms with E-state index in [1.54, 1.807) is 0 Å². The van der Waals surface area contributed by atoms with Crippen molar-refractivity contribution >= 4 is 28.7 Å². The Bertz CT molecular complexity index is 1090. The minimum absolute atomic E-state index is 0. The Morgan fingerprint density at radius 3 is 1.88 bits per heavy atom. The zero-order valence-electron chi connectivity index (χ0n) is 18.0. The zero-order chi connectivity index (χ0) is 22.2. The van der Waals surface area contributed by atoms with Crippen LogP contribution in [0.15, 0.2) is 102 Å². The second-order valence-corrected chi connectivity index (χ2v) is 7.80. The molecule has 1 aromatic heterocycles. The Hall–Kier alpha value is -2.97. The van der Waals surface area contributed by atoms with Gasteiger partial charge in [-0.1, -0.05) is 96.2 Å². The van der Waals surface area contributed by atoms with Gasteiger partial charge in [-0.25, -0.2) is 4.98 Å². The molecule has 0 saturated carbocycles. The quantitative estimate of drug-likeness (QED) is 0.171. The van der Waals surface area contributed by atoms with Crippen LogP contribution in [-0.2, 0) is 21.8 Å². The number of carbonyl (C=O) groups is 1. The molecule has 0 saturated heterocycles. The van der Waals surface area contributed by atoms with Crippen LogP contribution in [-0.4, -0.2) is 17.2 Å². The minimum atomic E-state index is -1.41. The predicted molar refractivity (Wildman–Crippen MR) is 123 cm³/mol. The zero-order valence-corrected chi connectivity index (χ0v) is 20.9. The fourth-order valence-corrected chi connectivity index (χ4v) is 4.31. The molecule has 1 heterocycles. The van der Waals surface area contributed by atoms with E-state index in [0.29, 0.717) is 17.0 Å². The number of benzene rings is 3. The van der Waals surface area contributed by atoms with Crippen LogP contribution in [0.2, 0.25) is 0 Å². The number of aliphatic carboxylic acids is 1. The summed E-state index contributed by atoms with van der Waals surface area (Å²) in [6.45, 7) is 0.0526. The van der Waals surface area contributed by atoms with E-state index in [9.17, 15) is 9.90 Å². The summed E-state index contributed by atoms with van der Waals surface area (Å²) in [6.07, 6.45) is 0.594. The first-order chi connectivity index (χ1) is 15.7. The summed E-state index contributed by atoms with van der Waals surface area (Å²) in [6, 6.07) is 30.7. The number of oxime groups is 1. The van der Waals surface area contributed by atoms with Gasteiger partial charge in [-0.2, -0.15) is 0 Å². The molecule has 6 nitrogen and oxygen atoms in total. The number of carbonyl (C=O) groups excluding carboxylic acids is 1. The molecule has 0 fully saturated rings. The molecule has 0 spiro atoms. The molecule has 0 aliphatic carbocycles. The number of rotatable bonds is 9. The Morgan fingerprint density at radius 2 is 1.42 bits per heavy atom. The largest absolute Gasteiger partial charge is 1.00 e. The number of carboxylic acid groups (broad SMARTS) is 1. The molecule has 0 amide bonds. The van der Waals surface area contributed by atoms with Crippen LogP contribution in [0.5, 0.6) is 0 Å². The third-order valence-corrected chi connectivity index (χ3v) is 5.72. The van der Waals surface area contributed by atoms with Crippen LogP contribution in [0.1, 0.15) is 22.4 Å². The molecule has 3 aromatic carbocycles. The SMILES string of the molecule is O=C([O-])C=NOCc1csc(NC(c2ccccc2)(c2ccccc2)c2ccccc2)n1.[Na+]. The van der Waals surface area contributed by atoms with E-state index < -0.39 is 11.5 Å². The molecule has 33 heavy (non-hydrogen) atoms. The van der Waals surface area contributed by atoms with E-state index in [2.05, 4.69) is 51.9 Å². The molecule has 0 aliphatic rings. The van der Waals surface area contributed by atoms with Crippen LogP contribution in [0.4, 0.5) is 5.13 Å². The van der Waals surface area contributed by atoms with Crippen molar-refractivity contribution in [2.45, 2.75) is 12.1 Å². The van der Waals surface area contributed by atoms with Crippen molar-refractivity contribution in [3.05, 3.63) is 119 Å². The molecular weight excluding hydrogens is 445 g/mol. The maximum absolute atomic E-state index is 10.4. The summed E-state index contributed by atoms with van der Waals surface area (Å²) in [5, 5.41) is 20.0. The van der Waals surface area contributed by atoms with Crippen molar-refractivity contribution in [1.82, 2.24) is 4.98 Å². The number of carboxylic acids is 1. The summed E-state index contributed by atoms with van der Waals surface area (Å²) in [5.41, 5.74) is 3.18.